The molecule has 4 heteroatoms. The van der Waals surface area contributed by atoms with E-state index >= 15 is 0 Å². The van der Waals surface area contributed by atoms with Gasteiger partial charge in [0.15, 0.2) is 0 Å². The van der Waals surface area contributed by atoms with E-state index in [0.717, 1.165) is 28.1 Å². The van der Waals surface area contributed by atoms with Gasteiger partial charge in [-0.2, -0.15) is 0 Å². The molecule has 2 aromatic carbocycles. The third kappa shape index (κ3) is 3.98. The molecule has 0 bridgehead atoms. The minimum absolute atomic E-state index is 0.0742. The Morgan fingerprint density at radius 1 is 0.917 bits per heavy atom. The van der Waals surface area contributed by atoms with Crippen molar-refractivity contribution in [2.45, 2.75) is 6.92 Å². The fraction of sp³-hybridized carbons (Fsp3) is 0.100. The Hall–Kier alpha value is -3.14. The quantitative estimate of drug-likeness (QED) is 0.744. The molecule has 2 N–H and O–H groups in total. The highest BCUT2D eigenvalue weighted by Crippen LogP contribution is 2.20. The zero-order valence-corrected chi connectivity index (χ0v) is 13.5. The first-order valence-electron chi connectivity index (χ1n) is 7.82. The summed E-state index contributed by atoms with van der Waals surface area (Å²) in [7, 11) is 0. The normalized spacial score (nSPS) is 10.2. The van der Waals surface area contributed by atoms with Crippen LogP contribution in [-0.4, -0.2) is 17.4 Å². The van der Waals surface area contributed by atoms with Crippen LogP contribution in [0.1, 0.15) is 5.56 Å². The molecule has 0 aliphatic heterocycles. The maximum Gasteiger partial charge on any atom is 0.243 e. The van der Waals surface area contributed by atoms with Crippen LogP contribution in [0.15, 0.2) is 73.1 Å². The Kier molecular flexibility index (Phi) is 4.87. The maximum atomic E-state index is 12.1. The number of anilines is 2. The average molecular weight is 317 g/mol. The summed E-state index contributed by atoms with van der Waals surface area (Å²) in [4.78, 5) is 16.1. The number of aryl methyl sites for hydroxylation is 1. The van der Waals surface area contributed by atoms with Crippen LogP contribution in [-0.2, 0) is 4.79 Å². The van der Waals surface area contributed by atoms with Crippen LogP contribution in [0.3, 0.4) is 0 Å². The predicted molar refractivity (Wildman–Crippen MR) is 98.0 cm³/mol. The van der Waals surface area contributed by atoms with Gasteiger partial charge in [-0.05, 0) is 53.9 Å². The maximum absolute atomic E-state index is 12.1. The zero-order valence-electron chi connectivity index (χ0n) is 13.5. The molecule has 0 aliphatic rings. The van der Waals surface area contributed by atoms with Crippen LogP contribution in [0.5, 0.6) is 0 Å². The van der Waals surface area contributed by atoms with Crippen LogP contribution in [0.4, 0.5) is 11.4 Å². The largest absolute Gasteiger partial charge is 0.376 e. The molecule has 1 amide bonds. The molecular weight excluding hydrogens is 298 g/mol. The molecule has 0 unspecified atom stereocenters. The van der Waals surface area contributed by atoms with Gasteiger partial charge in [0.2, 0.25) is 5.91 Å². The topological polar surface area (TPSA) is 54.0 Å². The van der Waals surface area contributed by atoms with E-state index in [1.54, 1.807) is 12.4 Å². The second-order valence-electron chi connectivity index (χ2n) is 5.53. The Morgan fingerprint density at radius 2 is 1.58 bits per heavy atom. The number of nitrogens with one attached hydrogen (secondary N) is 2. The molecule has 3 rings (SSSR count). The molecule has 0 fully saturated rings. The monoisotopic (exact) mass is 317 g/mol. The molecule has 0 aliphatic carbocycles. The van der Waals surface area contributed by atoms with Crippen LogP contribution >= 0.6 is 0 Å². The second kappa shape index (κ2) is 7.42. The van der Waals surface area contributed by atoms with Crippen molar-refractivity contribution in [3.8, 4) is 11.1 Å². The number of benzene rings is 2. The van der Waals surface area contributed by atoms with Gasteiger partial charge < -0.3 is 10.6 Å². The molecule has 0 saturated heterocycles. The van der Waals surface area contributed by atoms with Crippen molar-refractivity contribution in [3.63, 3.8) is 0 Å². The summed E-state index contributed by atoms with van der Waals surface area (Å²) in [5.41, 5.74) is 5.06. The summed E-state index contributed by atoms with van der Waals surface area (Å²) in [5.74, 6) is -0.0742. The van der Waals surface area contributed by atoms with Crippen LogP contribution in [0.2, 0.25) is 0 Å². The SMILES string of the molecule is Cc1ccccc1NCC(=O)Nc1ccc(-c2ccncc2)cc1. The van der Waals surface area contributed by atoms with Gasteiger partial charge in [0.25, 0.3) is 0 Å². The molecule has 0 spiro atoms. The number of pyridine rings is 1. The van der Waals surface area contributed by atoms with Crippen molar-refractivity contribution in [1.29, 1.82) is 0 Å². The highest BCUT2D eigenvalue weighted by Gasteiger charge is 2.04. The third-order valence-electron chi connectivity index (χ3n) is 3.77. The summed E-state index contributed by atoms with van der Waals surface area (Å²) < 4.78 is 0. The van der Waals surface area contributed by atoms with E-state index in [-0.39, 0.29) is 12.5 Å². The minimum Gasteiger partial charge on any atom is -0.376 e. The second-order valence-corrected chi connectivity index (χ2v) is 5.53. The molecule has 120 valence electrons. The smallest absolute Gasteiger partial charge is 0.243 e. The summed E-state index contributed by atoms with van der Waals surface area (Å²) >= 11 is 0. The number of carbonyl (C=O) groups excluding carboxylic acids is 1. The number of amides is 1. The van der Waals surface area contributed by atoms with E-state index in [4.69, 9.17) is 0 Å². The van der Waals surface area contributed by atoms with Gasteiger partial charge in [0.1, 0.15) is 0 Å². The third-order valence-corrected chi connectivity index (χ3v) is 3.77. The molecule has 24 heavy (non-hydrogen) atoms. The van der Waals surface area contributed by atoms with E-state index in [0.29, 0.717) is 0 Å². The van der Waals surface area contributed by atoms with Crippen molar-refractivity contribution in [1.82, 2.24) is 4.98 Å². The highest BCUT2D eigenvalue weighted by molar-refractivity contribution is 5.94. The number of hydrogen-bond acceptors (Lipinski definition) is 3. The van der Waals surface area contributed by atoms with E-state index in [1.807, 2.05) is 67.6 Å². The lowest BCUT2D eigenvalue weighted by Gasteiger charge is -2.10. The molecular formula is C20H19N3O. The molecule has 1 heterocycles. The van der Waals surface area contributed by atoms with Crippen molar-refractivity contribution in [2.75, 3.05) is 17.2 Å². The first-order valence-corrected chi connectivity index (χ1v) is 7.82. The van der Waals surface area contributed by atoms with Crippen molar-refractivity contribution >= 4 is 17.3 Å². The number of carbonyl (C=O) groups is 1. The summed E-state index contributed by atoms with van der Waals surface area (Å²) in [6.45, 7) is 2.25. The summed E-state index contributed by atoms with van der Waals surface area (Å²) in [6.07, 6.45) is 3.53. The Bertz CT molecular complexity index is 814. The first kappa shape index (κ1) is 15.7. The lowest BCUT2D eigenvalue weighted by Crippen LogP contribution is -2.21. The molecule has 0 radical (unpaired) electrons. The van der Waals surface area contributed by atoms with E-state index in [2.05, 4.69) is 15.6 Å². The van der Waals surface area contributed by atoms with Gasteiger partial charge in [-0.1, -0.05) is 30.3 Å². The predicted octanol–water partition coefficient (Wildman–Crippen LogP) is 4.11. The molecule has 1 aromatic heterocycles. The molecule has 0 atom stereocenters. The lowest BCUT2D eigenvalue weighted by molar-refractivity contribution is -0.114. The van der Waals surface area contributed by atoms with Gasteiger partial charge in [-0.15, -0.1) is 0 Å². The minimum atomic E-state index is -0.0742. The Labute approximate surface area is 141 Å². The van der Waals surface area contributed by atoms with Crippen molar-refractivity contribution in [2.24, 2.45) is 0 Å². The Morgan fingerprint density at radius 3 is 2.29 bits per heavy atom. The standard InChI is InChI=1S/C20H19N3O/c1-15-4-2-3-5-19(15)22-14-20(24)23-18-8-6-16(7-9-18)17-10-12-21-13-11-17/h2-13,22H,14H2,1H3,(H,23,24). The van der Waals surface area contributed by atoms with Crippen molar-refractivity contribution in [3.05, 3.63) is 78.6 Å². The fourth-order valence-electron chi connectivity index (χ4n) is 2.44. The van der Waals surface area contributed by atoms with Gasteiger partial charge >= 0.3 is 0 Å². The van der Waals surface area contributed by atoms with Gasteiger partial charge in [0.05, 0.1) is 6.54 Å². The van der Waals surface area contributed by atoms with Crippen LogP contribution in [0.25, 0.3) is 11.1 Å². The van der Waals surface area contributed by atoms with Crippen LogP contribution in [0, 0.1) is 6.92 Å². The van der Waals surface area contributed by atoms with E-state index < -0.39 is 0 Å². The fourth-order valence-corrected chi connectivity index (χ4v) is 2.44. The average Bonchev–Trinajstić information content (AvgIpc) is 2.62. The summed E-state index contributed by atoms with van der Waals surface area (Å²) in [6, 6.07) is 19.6. The number of nitrogens with zero attached hydrogens (tertiary/aromatic N) is 1. The van der Waals surface area contributed by atoms with Gasteiger partial charge in [-0.25, -0.2) is 0 Å². The van der Waals surface area contributed by atoms with Gasteiger partial charge in [0, 0.05) is 23.8 Å². The highest BCUT2D eigenvalue weighted by atomic mass is 16.1. The number of hydrogen-bond donors (Lipinski definition) is 2. The van der Waals surface area contributed by atoms with Gasteiger partial charge in [-0.3, -0.25) is 9.78 Å². The van der Waals surface area contributed by atoms with E-state index in [1.165, 1.54) is 0 Å². The van der Waals surface area contributed by atoms with Crippen molar-refractivity contribution < 1.29 is 4.79 Å². The molecule has 0 saturated carbocycles. The Balaban J connectivity index is 1.58. The van der Waals surface area contributed by atoms with Crippen LogP contribution < -0.4 is 10.6 Å². The number of para-hydroxylation sites is 1. The number of aromatic nitrogens is 1. The summed E-state index contributed by atoms with van der Waals surface area (Å²) in [5, 5.41) is 6.05. The molecule has 4 nitrogen and oxygen atoms in total. The van der Waals surface area contributed by atoms with E-state index in [9.17, 15) is 4.79 Å². The number of rotatable bonds is 5. The lowest BCUT2D eigenvalue weighted by atomic mass is 10.1. The first-order chi connectivity index (χ1) is 11.7. The zero-order chi connectivity index (χ0) is 16.8. The molecule has 3 aromatic rings.